The number of hydrogen-bond acceptors (Lipinski definition) is 3. The van der Waals surface area contributed by atoms with E-state index in [2.05, 4.69) is 17.8 Å². The number of amides is 1. The Balaban J connectivity index is 1.96. The molecule has 1 amide bonds. The van der Waals surface area contributed by atoms with Crippen molar-refractivity contribution in [3.05, 3.63) is 35.9 Å². The highest BCUT2D eigenvalue weighted by molar-refractivity contribution is 5.66. The number of hydrogen-bond donors (Lipinski definition) is 2. The average Bonchev–Trinajstić information content (AvgIpc) is 2.45. The zero-order valence-electron chi connectivity index (χ0n) is 11.7. The molecule has 0 unspecified atom stereocenters. The molecule has 19 heavy (non-hydrogen) atoms. The van der Waals surface area contributed by atoms with Crippen molar-refractivity contribution in [3.8, 4) is 0 Å². The van der Waals surface area contributed by atoms with E-state index in [4.69, 9.17) is 4.74 Å². The summed E-state index contributed by atoms with van der Waals surface area (Å²) in [5, 5.41) is 0. The Morgan fingerprint density at radius 1 is 1.11 bits per heavy atom. The molecule has 0 fully saturated rings. The number of nitrogens with one attached hydrogen (secondary N) is 2. The van der Waals surface area contributed by atoms with Gasteiger partial charge >= 0.3 is 6.09 Å². The van der Waals surface area contributed by atoms with Gasteiger partial charge in [-0.2, -0.15) is 0 Å². The lowest BCUT2D eigenvalue weighted by molar-refractivity contribution is 0.135. The fraction of sp³-hybridized carbons (Fsp3) is 0.533. The Morgan fingerprint density at radius 2 is 1.84 bits per heavy atom. The van der Waals surface area contributed by atoms with Crippen LogP contribution in [0.5, 0.6) is 0 Å². The third-order valence-corrected chi connectivity index (χ3v) is 2.81. The lowest BCUT2D eigenvalue weighted by Crippen LogP contribution is -2.38. The monoisotopic (exact) mass is 264 g/mol. The largest absolute Gasteiger partial charge is 0.444 e. The van der Waals surface area contributed by atoms with E-state index in [1.807, 2.05) is 30.3 Å². The molecule has 106 valence electrons. The van der Waals surface area contributed by atoms with Crippen molar-refractivity contribution >= 4 is 6.09 Å². The van der Waals surface area contributed by atoms with Gasteiger partial charge in [-0.25, -0.2) is 10.2 Å². The lowest BCUT2D eigenvalue weighted by atomic mass is 10.2. The summed E-state index contributed by atoms with van der Waals surface area (Å²) in [6.45, 7) is 3.28. The van der Waals surface area contributed by atoms with Gasteiger partial charge in [0.25, 0.3) is 0 Å². The predicted octanol–water partition coefficient (Wildman–Crippen LogP) is 3.39. The smallest absolute Gasteiger partial charge is 0.421 e. The molecular formula is C15H24N2O2. The highest BCUT2D eigenvalue weighted by Gasteiger charge is 2.00. The molecule has 0 aliphatic carbocycles. The molecule has 4 heteroatoms. The fourth-order valence-electron chi connectivity index (χ4n) is 1.71. The van der Waals surface area contributed by atoms with E-state index in [1.54, 1.807) is 0 Å². The second-order valence-electron chi connectivity index (χ2n) is 4.53. The summed E-state index contributed by atoms with van der Waals surface area (Å²) in [6, 6.07) is 9.63. The molecule has 0 bridgehead atoms. The molecule has 0 saturated carbocycles. The molecule has 0 radical (unpaired) electrons. The van der Waals surface area contributed by atoms with Crippen LogP contribution < -0.4 is 10.9 Å². The molecule has 0 atom stereocenters. The Bertz CT molecular complexity index is 341. The van der Waals surface area contributed by atoms with Crippen LogP contribution in [-0.2, 0) is 11.3 Å². The first-order chi connectivity index (χ1) is 9.33. The van der Waals surface area contributed by atoms with Gasteiger partial charge < -0.3 is 4.74 Å². The molecule has 0 aliphatic rings. The minimum Gasteiger partial charge on any atom is -0.444 e. The Labute approximate surface area is 115 Å². The summed E-state index contributed by atoms with van der Waals surface area (Å²) in [6.07, 6.45) is 5.62. The number of rotatable bonds is 9. The third-order valence-electron chi connectivity index (χ3n) is 2.81. The van der Waals surface area contributed by atoms with Crippen molar-refractivity contribution in [3.63, 3.8) is 0 Å². The van der Waals surface area contributed by atoms with E-state index in [0.717, 1.165) is 18.5 Å². The molecule has 0 spiro atoms. The van der Waals surface area contributed by atoms with Gasteiger partial charge in [-0.3, -0.25) is 5.43 Å². The van der Waals surface area contributed by atoms with Crippen LogP contribution in [0, 0.1) is 0 Å². The van der Waals surface area contributed by atoms with Gasteiger partial charge in [-0.05, 0) is 12.0 Å². The highest BCUT2D eigenvalue weighted by atomic mass is 16.6. The summed E-state index contributed by atoms with van der Waals surface area (Å²) < 4.78 is 5.06. The molecule has 0 aliphatic heterocycles. The third kappa shape index (κ3) is 8.21. The van der Waals surface area contributed by atoms with Crippen molar-refractivity contribution < 1.29 is 9.53 Å². The Kier molecular flexibility index (Phi) is 8.47. The first kappa shape index (κ1) is 15.5. The van der Waals surface area contributed by atoms with Crippen LogP contribution in [0.25, 0.3) is 0 Å². The summed E-state index contributed by atoms with van der Waals surface area (Å²) in [5.41, 5.74) is 6.39. The van der Waals surface area contributed by atoms with Gasteiger partial charge in [-0.1, -0.05) is 62.9 Å². The molecule has 1 aromatic rings. The highest BCUT2D eigenvalue weighted by Crippen LogP contribution is 2.01. The number of unbranched alkanes of at least 4 members (excludes halogenated alkanes) is 4. The second-order valence-corrected chi connectivity index (χ2v) is 4.53. The SMILES string of the molecule is CCCCCCCNNC(=O)OCc1ccccc1. The minimum absolute atomic E-state index is 0.296. The van der Waals surface area contributed by atoms with Gasteiger partial charge in [0.05, 0.1) is 0 Å². The first-order valence-electron chi connectivity index (χ1n) is 7.02. The van der Waals surface area contributed by atoms with Crippen LogP contribution in [0.15, 0.2) is 30.3 Å². The van der Waals surface area contributed by atoms with Crippen LogP contribution in [0.4, 0.5) is 4.79 Å². The molecule has 4 nitrogen and oxygen atoms in total. The zero-order valence-corrected chi connectivity index (χ0v) is 11.7. The average molecular weight is 264 g/mol. The van der Waals surface area contributed by atoms with E-state index in [1.165, 1.54) is 25.7 Å². The predicted molar refractivity (Wildman–Crippen MR) is 76.5 cm³/mol. The van der Waals surface area contributed by atoms with Crippen LogP contribution in [0.2, 0.25) is 0 Å². The molecule has 0 heterocycles. The Hall–Kier alpha value is -1.55. The molecular weight excluding hydrogens is 240 g/mol. The van der Waals surface area contributed by atoms with Gasteiger partial charge in [0.2, 0.25) is 0 Å². The number of benzene rings is 1. The zero-order chi connectivity index (χ0) is 13.8. The quantitative estimate of drug-likeness (QED) is 0.531. The van der Waals surface area contributed by atoms with Crippen molar-refractivity contribution in [2.45, 2.75) is 45.6 Å². The Morgan fingerprint density at radius 3 is 2.58 bits per heavy atom. The minimum atomic E-state index is -0.433. The van der Waals surface area contributed by atoms with Crippen LogP contribution >= 0.6 is 0 Å². The van der Waals surface area contributed by atoms with E-state index in [0.29, 0.717) is 6.61 Å². The summed E-state index contributed by atoms with van der Waals surface area (Å²) >= 11 is 0. The number of carbonyl (C=O) groups is 1. The molecule has 1 rings (SSSR count). The number of ether oxygens (including phenoxy) is 1. The van der Waals surface area contributed by atoms with E-state index in [-0.39, 0.29) is 0 Å². The molecule has 2 N–H and O–H groups in total. The number of hydrazine groups is 1. The van der Waals surface area contributed by atoms with Gasteiger partial charge in [0.15, 0.2) is 0 Å². The molecule has 1 aromatic carbocycles. The van der Waals surface area contributed by atoms with Gasteiger partial charge in [-0.15, -0.1) is 0 Å². The first-order valence-corrected chi connectivity index (χ1v) is 7.02. The van der Waals surface area contributed by atoms with Crippen molar-refractivity contribution in [1.82, 2.24) is 10.9 Å². The van der Waals surface area contributed by atoms with Gasteiger partial charge in [0, 0.05) is 6.54 Å². The maximum atomic E-state index is 11.4. The second kappa shape index (κ2) is 10.4. The fourth-order valence-corrected chi connectivity index (χ4v) is 1.71. The summed E-state index contributed by atoms with van der Waals surface area (Å²) in [7, 11) is 0. The summed E-state index contributed by atoms with van der Waals surface area (Å²) in [5.74, 6) is 0. The van der Waals surface area contributed by atoms with Crippen molar-refractivity contribution in [2.24, 2.45) is 0 Å². The lowest BCUT2D eigenvalue weighted by Gasteiger charge is -2.08. The standard InChI is InChI=1S/C15H24N2O2/c1-2-3-4-5-9-12-16-17-15(18)19-13-14-10-7-6-8-11-14/h6-8,10-11,16H,2-5,9,12-13H2,1H3,(H,17,18). The normalized spacial score (nSPS) is 10.2. The van der Waals surface area contributed by atoms with Crippen molar-refractivity contribution in [1.29, 1.82) is 0 Å². The summed E-state index contributed by atoms with van der Waals surface area (Å²) in [4.78, 5) is 11.4. The van der Waals surface area contributed by atoms with Gasteiger partial charge in [0.1, 0.15) is 6.61 Å². The van der Waals surface area contributed by atoms with Crippen LogP contribution in [0.3, 0.4) is 0 Å². The molecule has 0 saturated heterocycles. The molecule has 0 aromatic heterocycles. The van der Waals surface area contributed by atoms with E-state index >= 15 is 0 Å². The maximum Gasteiger partial charge on any atom is 0.421 e. The number of carbonyl (C=O) groups excluding carboxylic acids is 1. The van der Waals surface area contributed by atoms with Crippen LogP contribution in [0.1, 0.15) is 44.6 Å². The topological polar surface area (TPSA) is 50.4 Å². The van der Waals surface area contributed by atoms with E-state index in [9.17, 15) is 4.79 Å². The van der Waals surface area contributed by atoms with E-state index < -0.39 is 6.09 Å². The van der Waals surface area contributed by atoms with Crippen molar-refractivity contribution in [2.75, 3.05) is 6.54 Å². The maximum absolute atomic E-state index is 11.4. The van der Waals surface area contributed by atoms with Crippen LogP contribution in [-0.4, -0.2) is 12.6 Å².